The fourth-order valence-corrected chi connectivity index (χ4v) is 3.11. The lowest BCUT2D eigenvalue weighted by Gasteiger charge is -2.28. The molecule has 1 aromatic heterocycles. The van der Waals surface area contributed by atoms with Gasteiger partial charge in [-0.2, -0.15) is 5.10 Å². The van der Waals surface area contributed by atoms with Crippen LogP contribution in [-0.2, 0) is 4.79 Å². The van der Waals surface area contributed by atoms with Crippen LogP contribution in [0.1, 0.15) is 24.1 Å². The van der Waals surface area contributed by atoms with E-state index >= 15 is 0 Å². The second-order valence-corrected chi connectivity index (χ2v) is 6.52. The van der Waals surface area contributed by atoms with Crippen LogP contribution >= 0.6 is 0 Å². The summed E-state index contributed by atoms with van der Waals surface area (Å²) in [6.07, 6.45) is 5.07. The number of hydrogen-bond acceptors (Lipinski definition) is 4. The molecule has 27 heavy (non-hydrogen) atoms. The van der Waals surface area contributed by atoms with Crippen LogP contribution in [0.2, 0.25) is 0 Å². The molecular formula is C21H20N4O2. The minimum absolute atomic E-state index is 0.0302. The summed E-state index contributed by atoms with van der Waals surface area (Å²) in [6, 6.07) is 15.6. The van der Waals surface area contributed by atoms with E-state index in [4.69, 9.17) is 4.74 Å². The van der Waals surface area contributed by atoms with E-state index in [2.05, 4.69) is 10.1 Å². The summed E-state index contributed by atoms with van der Waals surface area (Å²) < 4.78 is 7.42. The number of ether oxygens (including phenoxy) is 1. The molecule has 6 heteroatoms. The number of nitrogens with zero attached hydrogens (tertiary/aromatic N) is 4. The van der Waals surface area contributed by atoms with Gasteiger partial charge in [-0.3, -0.25) is 4.79 Å². The largest absolute Gasteiger partial charge is 0.488 e. The number of fused-ring (bicyclic) bond motifs is 1. The maximum atomic E-state index is 12.9. The molecule has 1 aliphatic rings. The van der Waals surface area contributed by atoms with Gasteiger partial charge in [-0.15, -0.1) is 0 Å². The fraction of sp³-hybridized carbons (Fsp3) is 0.190. The SMILES string of the molecule is C[C@@H](c1ccc(-n2cncn2)cc1)N(C)C(=O)C1=Cc2ccccc2OC1. The van der Waals surface area contributed by atoms with Crippen molar-refractivity contribution >= 4 is 12.0 Å². The van der Waals surface area contributed by atoms with Crippen LogP contribution in [0.15, 0.2) is 66.8 Å². The van der Waals surface area contributed by atoms with Gasteiger partial charge < -0.3 is 9.64 Å². The van der Waals surface area contributed by atoms with Crippen molar-refractivity contribution in [2.75, 3.05) is 13.7 Å². The van der Waals surface area contributed by atoms with E-state index in [-0.39, 0.29) is 18.6 Å². The van der Waals surface area contributed by atoms with E-state index in [1.807, 2.05) is 68.6 Å². The van der Waals surface area contributed by atoms with Gasteiger partial charge in [0.1, 0.15) is 25.0 Å². The molecule has 0 radical (unpaired) electrons. The van der Waals surface area contributed by atoms with Crippen molar-refractivity contribution in [3.05, 3.63) is 77.9 Å². The van der Waals surface area contributed by atoms with Gasteiger partial charge in [-0.05, 0) is 36.8 Å². The average Bonchev–Trinajstić information content (AvgIpc) is 3.27. The molecule has 1 amide bonds. The maximum Gasteiger partial charge on any atom is 0.253 e. The number of amides is 1. The van der Waals surface area contributed by atoms with E-state index in [0.29, 0.717) is 5.57 Å². The molecular weight excluding hydrogens is 340 g/mol. The Labute approximate surface area is 157 Å². The summed E-state index contributed by atoms with van der Waals surface area (Å²) in [7, 11) is 1.82. The van der Waals surface area contributed by atoms with Gasteiger partial charge >= 0.3 is 0 Å². The molecule has 0 unspecified atom stereocenters. The molecule has 4 rings (SSSR count). The number of hydrogen-bond donors (Lipinski definition) is 0. The van der Waals surface area contributed by atoms with Crippen LogP contribution < -0.4 is 4.74 Å². The van der Waals surface area contributed by atoms with Crippen molar-refractivity contribution < 1.29 is 9.53 Å². The van der Waals surface area contributed by atoms with Crippen LogP contribution in [0, 0.1) is 0 Å². The highest BCUT2D eigenvalue weighted by atomic mass is 16.5. The average molecular weight is 360 g/mol. The highest BCUT2D eigenvalue weighted by Gasteiger charge is 2.23. The van der Waals surface area contributed by atoms with Crippen molar-refractivity contribution in [2.45, 2.75) is 13.0 Å². The third-order valence-electron chi connectivity index (χ3n) is 4.87. The van der Waals surface area contributed by atoms with Crippen molar-refractivity contribution in [1.29, 1.82) is 0 Å². The molecule has 0 spiro atoms. The zero-order valence-corrected chi connectivity index (χ0v) is 15.2. The Balaban J connectivity index is 1.51. The first-order valence-corrected chi connectivity index (χ1v) is 8.78. The minimum atomic E-state index is -0.0691. The Morgan fingerprint density at radius 1 is 1.19 bits per heavy atom. The van der Waals surface area contributed by atoms with Crippen LogP contribution in [0.4, 0.5) is 0 Å². The van der Waals surface area contributed by atoms with Crippen molar-refractivity contribution in [2.24, 2.45) is 0 Å². The van der Waals surface area contributed by atoms with Crippen molar-refractivity contribution in [3.63, 3.8) is 0 Å². The van der Waals surface area contributed by atoms with E-state index in [0.717, 1.165) is 22.6 Å². The zero-order chi connectivity index (χ0) is 18.8. The first kappa shape index (κ1) is 17.0. The number of rotatable bonds is 4. The first-order valence-electron chi connectivity index (χ1n) is 8.78. The van der Waals surface area contributed by atoms with Gasteiger partial charge in [-0.25, -0.2) is 9.67 Å². The molecule has 2 aromatic carbocycles. The summed E-state index contributed by atoms with van der Waals surface area (Å²) in [5.41, 5.74) is 3.57. The monoisotopic (exact) mass is 360 g/mol. The number of carbonyl (C=O) groups is 1. The molecule has 1 aliphatic heterocycles. The van der Waals surface area contributed by atoms with Gasteiger partial charge in [0.2, 0.25) is 0 Å². The first-order chi connectivity index (χ1) is 13.1. The van der Waals surface area contributed by atoms with Gasteiger partial charge in [0, 0.05) is 12.6 Å². The third kappa shape index (κ3) is 3.33. The van der Waals surface area contributed by atoms with Crippen LogP contribution in [0.3, 0.4) is 0 Å². The molecule has 1 atom stereocenters. The van der Waals surface area contributed by atoms with Crippen LogP contribution in [-0.4, -0.2) is 39.2 Å². The Hall–Kier alpha value is -3.41. The zero-order valence-electron chi connectivity index (χ0n) is 15.2. The highest BCUT2D eigenvalue weighted by Crippen LogP contribution is 2.28. The lowest BCUT2D eigenvalue weighted by Crippen LogP contribution is -2.33. The molecule has 0 N–H and O–H groups in total. The Morgan fingerprint density at radius 3 is 2.70 bits per heavy atom. The summed E-state index contributed by atoms with van der Waals surface area (Å²) in [6.45, 7) is 2.30. The number of benzene rings is 2. The van der Waals surface area contributed by atoms with Gasteiger partial charge in [-0.1, -0.05) is 30.3 Å². The molecule has 0 saturated carbocycles. The second-order valence-electron chi connectivity index (χ2n) is 6.52. The predicted octanol–water partition coefficient (Wildman–Crippen LogP) is 3.26. The summed E-state index contributed by atoms with van der Waals surface area (Å²) in [4.78, 5) is 18.6. The number of likely N-dealkylation sites (N-methyl/N-ethyl adjacent to an activating group) is 1. The van der Waals surface area contributed by atoms with Gasteiger partial charge in [0.25, 0.3) is 5.91 Å². The quantitative estimate of drug-likeness (QED) is 0.716. The highest BCUT2D eigenvalue weighted by molar-refractivity contribution is 5.99. The molecule has 0 fully saturated rings. The van der Waals surface area contributed by atoms with Crippen LogP contribution in [0.5, 0.6) is 5.75 Å². The third-order valence-corrected chi connectivity index (χ3v) is 4.87. The molecule has 6 nitrogen and oxygen atoms in total. The summed E-state index contributed by atoms with van der Waals surface area (Å²) >= 11 is 0. The minimum Gasteiger partial charge on any atom is -0.488 e. The molecule has 136 valence electrons. The molecule has 0 saturated heterocycles. The van der Waals surface area contributed by atoms with E-state index in [1.54, 1.807) is 15.9 Å². The molecule has 0 aliphatic carbocycles. The van der Waals surface area contributed by atoms with Gasteiger partial charge in [0.15, 0.2) is 0 Å². The van der Waals surface area contributed by atoms with Crippen molar-refractivity contribution in [3.8, 4) is 11.4 Å². The normalized spacial score (nSPS) is 13.9. The fourth-order valence-electron chi connectivity index (χ4n) is 3.11. The van der Waals surface area contributed by atoms with E-state index < -0.39 is 0 Å². The number of carbonyl (C=O) groups excluding carboxylic acids is 1. The Bertz CT molecular complexity index is 978. The van der Waals surface area contributed by atoms with Crippen molar-refractivity contribution in [1.82, 2.24) is 19.7 Å². The maximum absolute atomic E-state index is 12.9. The lowest BCUT2D eigenvalue weighted by atomic mass is 10.0. The lowest BCUT2D eigenvalue weighted by molar-refractivity contribution is -0.128. The smallest absolute Gasteiger partial charge is 0.253 e. The summed E-state index contributed by atoms with van der Waals surface area (Å²) in [5, 5.41) is 4.12. The number of para-hydroxylation sites is 1. The summed E-state index contributed by atoms with van der Waals surface area (Å²) in [5.74, 6) is 0.783. The van der Waals surface area contributed by atoms with E-state index in [1.165, 1.54) is 6.33 Å². The standard InChI is InChI=1S/C21H20N4O2/c1-15(16-7-9-19(10-8-16)25-14-22-13-23-25)24(2)21(26)18-11-17-5-3-4-6-20(17)27-12-18/h3-11,13-15H,12H2,1-2H3/t15-/m0/s1. The second kappa shape index (κ2) is 7.07. The van der Waals surface area contributed by atoms with E-state index in [9.17, 15) is 4.79 Å². The Kier molecular flexibility index (Phi) is 4.46. The molecule has 0 bridgehead atoms. The topological polar surface area (TPSA) is 60.2 Å². The molecule has 2 heterocycles. The Morgan fingerprint density at radius 2 is 1.96 bits per heavy atom. The van der Waals surface area contributed by atoms with Gasteiger partial charge in [0.05, 0.1) is 17.3 Å². The number of aromatic nitrogens is 3. The van der Waals surface area contributed by atoms with Crippen LogP contribution in [0.25, 0.3) is 11.8 Å². The predicted molar refractivity (Wildman–Crippen MR) is 102 cm³/mol. The molecule has 3 aromatic rings.